The predicted octanol–water partition coefficient (Wildman–Crippen LogP) is 2.01. The molecule has 0 aliphatic carbocycles. The molecule has 1 aromatic carbocycles. The summed E-state index contributed by atoms with van der Waals surface area (Å²) in [6.07, 6.45) is 2.85. The monoisotopic (exact) mass is 279 g/mol. The summed E-state index contributed by atoms with van der Waals surface area (Å²) in [6, 6.07) is 7.19. The van der Waals surface area contributed by atoms with E-state index in [0.29, 0.717) is 24.3 Å². The van der Waals surface area contributed by atoms with Crippen LogP contribution >= 0.6 is 0 Å². The minimum absolute atomic E-state index is 0.355. The third kappa shape index (κ3) is 3.06. The molecule has 0 unspecified atom stereocenters. The Kier molecular flexibility index (Phi) is 4.08. The third-order valence-corrected chi connectivity index (χ3v) is 4.80. The van der Waals surface area contributed by atoms with Crippen LogP contribution < -0.4 is 4.72 Å². The van der Waals surface area contributed by atoms with Gasteiger partial charge in [-0.3, -0.25) is 4.72 Å². The lowest BCUT2D eigenvalue weighted by Crippen LogP contribution is -2.39. The molecule has 0 radical (unpaired) electrons. The lowest BCUT2D eigenvalue weighted by Gasteiger charge is -2.26. The van der Waals surface area contributed by atoms with E-state index in [1.807, 2.05) is 6.07 Å². The van der Waals surface area contributed by atoms with Gasteiger partial charge in [0.15, 0.2) is 0 Å². The molecule has 1 aliphatic rings. The number of nitrogens with one attached hydrogen (secondary N) is 1. The lowest BCUT2D eigenvalue weighted by molar-refractivity contribution is 0.349. The Balaban J connectivity index is 2.25. The Labute approximate surface area is 114 Å². The van der Waals surface area contributed by atoms with Crippen molar-refractivity contribution in [1.29, 1.82) is 5.26 Å². The van der Waals surface area contributed by atoms with Crippen molar-refractivity contribution in [3.63, 3.8) is 0 Å². The van der Waals surface area contributed by atoms with Gasteiger partial charge in [-0.25, -0.2) is 0 Å². The van der Waals surface area contributed by atoms with Crippen LogP contribution in [0.1, 0.15) is 30.4 Å². The molecule has 102 valence electrons. The average molecular weight is 279 g/mol. The van der Waals surface area contributed by atoms with Gasteiger partial charge in [-0.1, -0.05) is 18.6 Å². The summed E-state index contributed by atoms with van der Waals surface area (Å²) in [5.41, 5.74) is 1.50. The quantitative estimate of drug-likeness (QED) is 0.919. The largest absolute Gasteiger partial charge is 0.301 e. The van der Waals surface area contributed by atoms with Crippen molar-refractivity contribution in [2.75, 3.05) is 17.8 Å². The van der Waals surface area contributed by atoms with E-state index in [4.69, 9.17) is 5.26 Å². The van der Waals surface area contributed by atoms with Crippen LogP contribution in [0.3, 0.4) is 0 Å². The molecule has 1 saturated heterocycles. The number of hydrogen-bond donors (Lipinski definition) is 1. The summed E-state index contributed by atoms with van der Waals surface area (Å²) >= 11 is 0. The van der Waals surface area contributed by atoms with E-state index >= 15 is 0 Å². The Hall–Kier alpha value is -1.58. The molecule has 1 fully saturated rings. The molecule has 1 aromatic rings. The standard InChI is InChI=1S/C13H17N3O2S/c1-11-6-5-7-13(12(11)10-14)15-19(17,18)16-8-3-2-4-9-16/h5-7,15H,2-4,8-9H2,1H3. The highest BCUT2D eigenvalue weighted by Gasteiger charge is 2.24. The molecule has 1 aliphatic heterocycles. The molecule has 6 heteroatoms. The van der Waals surface area contributed by atoms with Crippen molar-refractivity contribution in [3.05, 3.63) is 29.3 Å². The smallest absolute Gasteiger partial charge is 0.270 e. The van der Waals surface area contributed by atoms with E-state index in [-0.39, 0.29) is 0 Å². The van der Waals surface area contributed by atoms with Gasteiger partial charge in [-0.2, -0.15) is 18.0 Å². The molecule has 0 spiro atoms. The van der Waals surface area contributed by atoms with Crippen LogP contribution in [0.4, 0.5) is 5.69 Å². The number of nitriles is 1. The summed E-state index contributed by atoms with van der Waals surface area (Å²) in [7, 11) is -3.55. The maximum Gasteiger partial charge on any atom is 0.301 e. The number of piperidine rings is 1. The maximum absolute atomic E-state index is 12.2. The fraction of sp³-hybridized carbons (Fsp3) is 0.462. The van der Waals surface area contributed by atoms with E-state index in [1.54, 1.807) is 25.1 Å². The summed E-state index contributed by atoms with van der Waals surface area (Å²) in [5, 5.41) is 9.11. The van der Waals surface area contributed by atoms with Crippen molar-refractivity contribution >= 4 is 15.9 Å². The first kappa shape index (κ1) is 13.8. The minimum Gasteiger partial charge on any atom is -0.270 e. The number of rotatable bonds is 3. The fourth-order valence-electron chi connectivity index (χ4n) is 2.21. The summed E-state index contributed by atoms with van der Waals surface area (Å²) in [4.78, 5) is 0. The van der Waals surface area contributed by atoms with Crippen LogP contribution in [0.5, 0.6) is 0 Å². The van der Waals surface area contributed by atoms with Gasteiger partial charge >= 0.3 is 10.2 Å². The lowest BCUT2D eigenvalue weighted by atomic mass is 10.1. The molecule has 5 nitrogen and oxygen atoms in total. The second-order valence-electron chi connectivity index (χ2n) is 4.68. The van der Waals surface area contributed by atoms with Gasteiger partial charge < -0.3 is 0 Å². The molecule has 19 heavy (non-hydrogen) atoms. The highest BCUT2D eigenvalue weighted by atomic mass is 32.2. The molecule has 0 bridgehead atoms. The van der Waals surface area contributed by atoms with Gasteiger partial charge in [-0.15, -0.1) is 0 Å². The second kappa shape index (κ2) is 5.59. The molecule has 1 heterocycles. The number of benzene rings is 1. The van der Waals surface area contributed by atoms with Gasteiger partial charge in [0.1, 0.15) is 6.07 Å². The minimum atomic E-state index is -3.55. The molecular formula is C13H17N3O2S. The topological polar surface area (TPSA) is 73.2 Å². The SMILES string of the molecule is Cc1cccc(NS(=O)(=O)N2CCCCC2)c1C#N. The second-order valence-corrected chi connectivity index (χ2v) is 6.35. The third-order valence-electron chi connectivity index (χ3n) is 3.28. The van der Waals surface area contributed by atoms with Gasteiger partial charge in [0.25, 0.3) is 0 Å². The van der Waals surface area contributed by atoms with E-state index in [9.17, 15) is 8.42 Å². The first-order chi connectivity index (χ1) is 9.04. The Morgan fingerprint density at radius 2 is 1.95 bits per heavy atom. The van der Waals surface area contributed by atoms with Gasteiger partial charge in [0, 0.05) is 13.1 Å². The van der Waals surface area contributed by atoms with Crippen molar-refractivity contribution in [2.45, 2.75) is 26.2 Å². The van der Waals surface area contributed by atoms with Gasteiger partial charge in [-0.05, 0) is 31.4 Å². The van der Waals surface area contributed by atoms with Crippen LogP contribution in [0, 0.1) is 18.3 Å². The molecule has 0 amide bonds. The first-order valence-corrected chi connectivity index (χ1v) is 7.76. The highest BCUT2D eigenvalue weighted by Crippen LogP contribution is 2.22. The van der Waals surface area contributed by atoms with Crippen molar-refractivity contribution in [3.8, 4) is 6.07 Å². The van der Waals surface area contributed by atoms with Crippen LogP contribution in [-0.4, -0.2) is 25.8 Å². The van der Waals surface area contributed by atoms with Crippen LogP contribution in [0.2, 0.25) is 0 Å². The van der Waals surface area contributed by atoms with Crippen molar-refractivity contribution in [2.24, 2.45) is 0 Å². The van der Waals surface area contributed by atoms with E-state index in [0.717, 1.165) is 24.8 Å². The van der Waals surface area contributed by atoms with Crippen molar-refractivity contribution < 1.29 is 8.42 Å². The van der Waals surface area contributed by atoms with Gasteiger partial charge in [0.05, 0.1) is 11.3 Å². The highest BCUT2D eigenvalue weighted by molar-refractivity contribution is 7.90. The summed E-state index contributed by atoms with van der Waals surface area (Å²) < 4.78 is 28.4. The number of hydrogen-bond acceptors (Lipinski definition) is 3. The molecule has 0 saturated carbocycles. The first-order valence-electron chi connectivity index (χ1n) is 6.32. The number of nitrogens with zero attached hydrogens (tertiary/aromatic N) is 2. The summed E-state index contributed by atoms with van der Waals surface area (Å²) in [5.74, 6) is 0. The molecule has 0 atom stereocenters. The van der Waals surface area contributed by atoms with Crippen LogP contribution in [-0.2, 0) is 10.2 Å². The zero-order chi connectivity index (χ0) is 13.9. The Morgan fingerprint density at radius 1 is 1.26 bits per heavy atom. The Bertz CT molecular complexity index is 599. The zero-order valence-electron chi connectivity index (χ0n) is 10.9. The van der Waals surface area contributed by atoms with Crippen LogP contribution in [0.25, 0.3) is 0 Å². The average Bonchev–Trinajstić information content (AvgIpc) is 2.40. The molecule has 2 rings (SSSR count). The van der Waals surface area contributed by atoms with Crippen LogP contribution in [0.15, 0.2) is 18.2 Å². The predicted molar refractivity (Wildman–Crippen MR) is 73.9 cm³/mol. The maximum atomic E-state index is 12.2. The van der Waals surface area contributed by atoms with Crippen molar-refractivity contribution in [1.82, 2.24) is 4.31 Å². The zero-order valence-corrected chi connectivity index (χ0v) is 11.7. The normalized spacial score (nSPS) is 16.8. The number of anilines is 1. The molecule has 0 aromatic heterocycles. The van der Waals surface area contributed by atoms with E-state index in [1.165, 1.54) is 4.31 Å². The fourth-order valence-corrected chi connectivity index (χ4v) is 3.53. The molecule has 1 N–H and O–H groups in total. The Morgan fingerprint density at radius 3 is 2.58 bits per heavy atom. The number of aryl methyl sites for hydroxylation is 1. The van der Waals surface area contributed by atoms with E-state index < -0.39 is 10.2 Å². The van der Waals surface area contributed by atoms with E-state index in [2.05, 4.69) is 4.72 Å². The molecular weight excluding hydrogens is 262 g/mol. The van der Waals surface area contributed by atoms with Gasteiger partial charge in [0.2, 0.25) is 0 Å². The summed E-state index contributed by atoms with van der Waals surface area (Å²) in [6.45, 7) is 2.88.